The van der Waals surface area contributed by atoms with Gasteiger partial charge in [-0.1, -0.05) is 55.4 Å². The fourth-order valence-corrected chi connectivity index (χ4v) is 2.41. The quantitative estimate of drug-likeness (QED) is 0.549. The van der Waals surface area contributed by atoms with Gasteiger partial charge in [0.15, 0.2) is 0 Å². The summed E-state index contributed by atoms with van der Waals surface area (Å²) in [6.45, 7) is 19.6. The van der Waals surface area contributed by atoms with Crippen LogP contribution in [-0.2, 0) is 0 Å². The monoisotopic (exact) mass is 443 g/mol. The Morgan fingerprint density at radius 2 is 1.50 bits per heavy atom. The summed E-state index contributed by atoms with van der Waals surface area (Å²) in [5.74, 6) is 4.26. The topological polar surface area (TPSA) is 121 Å². The lowest BCUT2D eigenvalue weighted by Gasteiger charge is -2.30. The van der Waals surface area contributed by atoms with E-state index in [1.165, 1.54) is 19.4 Å². The molecule has 1 aliphatic rings. The SMILES string of the molecule is CC(C)C1CNC1.CC(C)c1ccncn1.CC(C)c1cn[nH]n1.CC(C)c1ncn[nH]1. The van der Waals surface area contributed by atoms with E-state index in [9.17, 15) is 0 Å². The number of aromatic nitrogens is 8. The third-order valence-corrected chi connectivity index (χ3v) is 4.96. The molecule has 0 unspecified atom stereocenters. The van der Waals surface area contributed by atoms with Crippen LogP contribution in [0.3, 0.4) is 0 Å². The van der Waals surface area contributed by atoms with Crippen LogP contribution in [0.4, 0.5) is 0 Å². The largest absolute Gasteiger partial charge is 0.316 e. The van der Waals surface area contributed by atoms with E-state index in [0.717, 1.165) is 29.0 Å². The third-order valence-electron chi connectivity index (χ3n) is 4.96. The molecule has 0 bridgehead atoms. The van der Waals surface area contributed by atoms with Crippen LogP contribution >= 0.6 is 0 Å². The van der Waals surface area contributed by atoms with Gasteiger partial charge in [0.1, 0.15) is 18.5 Å². The Morgan fingerprint density at radius 1 is 0.812 bits per heavy atom. The van der Waals surface area contributed by atoms with Gasteiger partial charge in [-0.05, 0) is 42.8 Å². The van der Waals surface area contributed by atoms with Gasteiger partial charge in [0.2, 0.25) is 0 Å². The highest BCUT2D eigenvalue weighted by molar-refractivity contribution is 5.02. The van der Waals surface area contributed by atoms with Crippen LogP contribution in [0.2, 0.25) is 0 Å². The van der Waals surface area contributed by atoms with Crippen LogP contribution in [0.25, 0.3) is 0 Å². The normalized spacial score (nSPS) is 13.0. The Hall–Kier alpha value is -2.68. The summed E-state index contributed by atoms with van der Waals surface area (Å²) in [7, 11) is 0. The minimum Gasteiger partial charge on any atom is -0.316 e. The van der Waals surface area contributed by atoms with Crippen molar-refractivity contribution in [3.8, 4) is 0 Å². The second-order valence-electron chi connectivity index (χ2n) is 9.03. The fraction of sp³-hybridized carbons (Fsp3) is 0.652. The van der Waals surface area contributed by atoms with E-state index >= 15 is 0 Å². The minimum absolute atomic E-state index is 0.456. The summed E-state index contributed by atoms with van der Waals surface area (Å²) in [4.78, 5) is 11.8. The Balaban J connectivity index is 0.000000214. The first-order valence-corrected chi connectivity index (χ1v) is 11.4. The van der Waals surface area contributed by atoms with Crippen LogP contribution < -0.4 is 5.32 Å². The average Bonchev–Trinajstić information content (AvgIpc) is 3.43. The summed E-state index contributed by atoms with van der Waals surface area (Å²) < 4.78 is 0. The van der Waals surface area contributed by atoms with E-state index in [1.807, 2.05) is 6.07 Å². The zero-order valence-electron chi connectivity index (χ0n) is 20.9. The van der Waals surface area contributed by atoms with Crippen molar-refractivity contribution in [1.82, 2.24) is 45.9 Å². The van der Waals surface area contributed by atoms with Gasteiger partial charge >= 0.3 is 0 Å². The van der Waals surface area contributed by atoms with Crippen LogP contribution in [0.1, 0.15) is 90.4 Å². The Bertz CT molecular complexity index is 740. The van der Waals surface area contributed by atoms with Crippen molar-refractivity contribution in [2.24, 2.45) is 11.8 Å². The summed E-state index contributed by atoms with van der Waals surface area (Å²) in [6.07, 6.45) is 6.61. The summed E-state index contributed by atoms with van der Waals surface area (Å²) >= 11 is 0. The van der Waals surface area contributed by atoms with Gasteiger partial charge < -0.3 is 5.32 Å². The molecule has 4 heterocycles. The predicted octanol–water partition coefficient (Wildman–Crippen LogP) is 4.32. The fourth-order valence-electron chi connectivity index (χ4n) is 2.41. The predicted molar refractivity (Wildman–Crippen MR) is 128 cm³/mol. The Morgan fingerprint density at radius 3 is 1.72 bits per heavy atom. The third kappa shape index (κ3) is 11.1. The van der Waals surface area contributed by atoms with Crippen molar-refractivity contribution in [2.45, 2.75) is 73.1 Å². The van der Waals surface area contributed by atoms with E-state index in [4.69, 9.17) is 0 Å². The molecular formula is C23H41N9. The standard InChI is InChI=1S/C7H10N2.C6H13N.2C5H9N3/c1-6(2)7-3-4-8-5-9-7;1-5(2)6-3-7-4-6;1-4(2)5-6-3-7-8-5;1-4(2)5-3-6-8-7-5/h3-6H,1-2H3;5-7H,3-4H2,1-2H3;2*3-4H,1-2H3,(H,6,7,8). The highest BCUT2D eigenvalue weighted by Crippen LogP contribution is 2.13. The van der Waals surface area contributed by atoms with Gasteiger partial charge in [-0.2, -0.15) is 20.5 Å². The first-order valence-electron chi connectivity index (χ1n) is 11.4. The van der Waals surface area contributed by atoms with Crippen LogP contribution in [0.5, 0.6) is 0 Å². The van der Waals surface area contributed by atoms with E-state index in [-0.39, 0.29) is 0 Å². The second kappa shape index (κ2) is 15.2. The molecule has 1 aliphatic heterocycles. The molecule has 32 heavy (non-hydrogen) atoms. The summed E-state index contributed by atoms with van der Waals surface area (Å²) in [5, 5.41) is 19.8. The highest BCUT2D eigenvalue weighted by atomic mass is 15.3. The minimum atomic E-state index is 0.456. The molecule has 1 saturated heterocycles. The van der Waals surface area contributed by atoms with Crippen molar-refractivity contribution >= 4 is 0 Å². The van der Waals surface area contributed by atoms with Gasteiger partial charge in [0.25, 0.3) is 0 Å². The molecule has 0 aliphatic carbocycles. The number of nitrogens with zero attached hydrogens (tertiary/aromatic N) is 6. The Labute approximate surface area is 192 Å². The van der Waals surface area contributed by atoms with E-state index in [1.54, 1.807) is 18.7 Å². The molecule has 0 spiro atoms. The van der Waals surface area contributed by atoms with Gasteiger partial charge in [0.05, 0.1) is 11.9 Å². The molecule has 1 fully saturated rings. The lowest BCUT2D eigenvalue weighted by molar-refractivity contribution is 0.265. The van der Waals surface area contributed by atoms with Gasteiger partial charge in [-0.15, -0.1) is 0 Å². The molecule has 0 radical (unpaired) electrons. The van der Waals surface area contributed by atoms with Gasteiger partial charge in [-0.3, -0.25) is 5.10 Å². The zero-order chi connectivity index (χ0) is 23.9. The first kappa shape index (κ1) is 27.4. The lowest BCUT2D eigenvalue weighted by Crippen LogP contribution is -2.44. The van der Waals surface area contributed by atoms with Crippen molar-refractivity contribution < 1.29 is 0 Å². The summed E-state index contributed by atoms with van der Waals surface area (Å²) in [6, 6.07) is 1.94. The van der Waals surface area contributed by atoms with Crippen molar-refractivity contribution in [3.63, 3.8) is 0 Å². The molecule has 9 nitrogen and oxygen atoms in total. The first-order chi connectivity index (χ1) is 15.2. The smallest absolute Gasteiger partial charge is 0.137 e. The van der Waals surface area contributed by atoms with E-state index in [2.05, 4.69) is 101 Å². The zero-order valence-corrected chi connectivity index (χ0v) is 20.9. The number of H-pyrrole nitrogens is 2. The molecule has 0 amide bonds. The number of nitrogens with one attached hydrogen (secondary N) is 3. The number of hydrogen-bond acceptors (Lipinski definition) is 7. The Kier molecular flexibility index (Phi) is 13.0. The van der Waals surface area contributed by atoms with Crippen LogP contribution in [0, 0.1) is 11.8 Å². The second-order valence-corrected chi connectivity index (χ2v) is 9.03. The van der Waals surface area contributed by atoms with Crippen LogP contribution in [0.15, 0.2) is 31.1 Å². The van der Waals surface area contributed by atoms with Crippen molar-refractivity contribution in [1.29, 1.82) is 0 Å². The highest BCUT2D eigenvalue weighted by Gasteiger charge is 2.19. The molecule has 4 rings (SSSR count). The van der Waals surface area contributed by atoms with E-state index < -0.39 is 0 Å². The maximum absolute atomic E-state index is 4.07. The molecule has 0 saturated carbocycles. The number of rotatable bonds is 4. The lowest BCUT2D eigenvalue weighted by atomic mass is 9.91. The van der Waals surface area contributed by atoms with Crippen molar-refractivity contribution in [3.05, 3.63) is 48.3 Å². The number of aromatic amines is 2. The molecule has 0 aromatic carbocycles. The molecule has 9 heteroatoms. The molecule has 3 N–H and O–H groups in total. The number of hydrogen-bond donors (Lipinski definition) is 3. The van der Waals surface area contributed by atoms with Gasteiger partial charge in [0, 0.05) is 17.8 Å². The van der Waals surface area contributed by atoms with E-state index in [0.29, 0.717) is 17.8 Å². The molecular weight excluding hydrogens is 402 g/mol. The maximum Gasteiger partial charge on any atom is 0.137 e. The van der Waals surface area contributed by atoms with Crippen LogP contribution in [-0.4, -0.2) is 53.6 Å². The molecule has 3 aromatic heterocycles. The summed E-state index contributed by atoms with van der Waals surface area (Å²) in [5.41, 5.74) is 2.12. The van der Waals surface area contributed by atoms with Crippen molar-refractivity contribution in [2.75, 3.05) is 13.1 Å². The molecule has 0 atom stereocenters. The molecule has 3 aromatic rings. The average molecular weight is 444 g/mol. The van der Waals surface area contributed by atoms with Gasteiger partial charge in [-0.25, -0.2) is 15.0 Å². The maximum atomic E-state index is 4.07. The molecule has 178 valence electrons.